The maximum atomic E-state index is 11.5. The molecule has 118 valence electrons. The van der Waals surface area contributed by atoms with Gasteiger partial charge in [-0.1, -0.05) is 13.0 Å². The van der Waals surface area contributed by atoms with E-state index in [2.05, 4.69) is 5.32 Å². The molecule has 1 rings (SSSR count). The Balaban J connectivity index is 2.71. The molecule has 0 fully saturated rings. The van der Waals surface area contributed by atoms with Gasteiger partial charge in [0, 0.05) is 23.8 Å². The van der Waals surface area contributed by atoms with Gasteiger partial charge in [0.2, 0.25) is 5.91 Å². The molecule has 1 amide bonds. The van der Waals surface area contributed by atoms with Gasteiger partial charge in [-0.05, 0) is 24.1 Å². The zero-order chi connectivity index (χ0) is 15.9. The predicted octanol–water partition coefficient (Wildman–Crippen LogP) is 1.67. The maximum absolute atomic E-state index is 11.5. The zero-order valence-corrected chi connectivity index (χ0v) is 13.5. The topological polar surface area (TPSA) is 81.7 Å². The highest BCUT2D eigenvalue weighted by Gasteiger charge is 2.17. The minimum absolute atomic E-state index is 0.0232. The second-order valence-corrected chi connectivity index (χ2v) is 6.79. The van der Waals surface area contributed by atoms with E-state index in [9.17, 15) is 13.2 Å². The summed E-state index contributed by atoms with van der Waals surface area (Å²) >= 11 is 0. The molecular weight excluding hydrogens is 318 g/mol. The van der Waals surface area contributed by atoms with Gasteiger partial charge < -0.3 is 14.8 Å². The Hall–Kier alpha value is -1.31. The average Bonchev–Trinajstić information content (AvgIpc) is 2.44. The Labute approximate surface area is 128 Å². The van der Waals surface area contributed by atoms with E-state index in [4.69, 9.17) is 20.2 Å². The number of benzene rings is 1. The Bertz CT molecular complexity index is 588. The first-order chi connectivity index (χ1) is 9.88. The smallest absolute Gasteiger partial charge is 0.264 e. The summed E-state index contributed by atoms with van der Waals surface area (Å²) in [6, 6.07) is 4.51. The van der Waals surface area contributed by atoms with Crippen molar-refractivity contribution in [3.05, 3.63) is 23.8 Å². The quantitative estimate of drug-likeness (QED) is 0.577. The van der Waals surface area contributed by atoms with Gasteiger partial charge >= 0.3 is 0 Å². The number of carbonyl (C=O) groups is 1. The summed E-state index contributed by atoms with van der Waals surface area (Å²) in [6.45, 7) is 2.62. The molecule has 0 spiro atoms. The van der Waals surface area contributed by atoms with Gasteiger partial charge in [-0.3, -0.25) is 4.79 Å². The van der Waals surface area contributed by atoms with Crippen molar-refractivity contribution in [2.24, 2.45) is 0 Å². The van der Waals surface area contributed by atoms with Crippen LogP contribution in [-0.4, -0.2) is 34.6 Å². The summed E-state index contributed by atoms with van der Waals surface area (Å²) in [6.07, 6.45) is 0.836. The fourth-order valence-electron chi connectivity index (χ4n) is 1.58. The number of nitrogens with one attached hydrogen (secondary N) is 1. The molecule has 6 nitrogen and oxygen atoms in total. The van der Waals surface area contributed by atoms with Crippen molar-refractivity contribution in [1.82, 2.24) is 5.32 Å². The van der Waals surface area contributed by atoms with E-state index < -0.39 is 9.05 Å². The number of ether oxygens (including phenoxy) is 2. The number of rotatable bonds is 8. The van der Waals surface area contributed by atoms with Crippen LogP contribution in [-0.2, 0) is 25.1 Å². The van der Waals surface area contributed by atoms with Crippen LogP contribution >= 0.6 is 10.7 Å². The lowest BCUT2D eigenvalue weighted by molar-refractivity contribution is -0.125. The number of methoxy groups -OCH3 is 1. The van der Waals surface area contributed by atoms with Gasteiger partial charge in [0.05, 0.1) is 7.11 Å². The highest BCUT2D eigenvalue weighted by Crippen LogP contribution is 2.27. The van der Waals surface area contributed by atoms with Crippen LogP contribution in [0.2, 0.25) is 0 Å². The van der Waals surface area contributed by atoms with Crippen molar-refractivity contribution >= 4 is 25.6 Å². The van der Waals surface area contributed by atoms with E-state index in [1.54, 1.807) is 6.07 Å². The molecule has 0 saturated carbocycles. The number of amides is 1. The summed E-state index contributed by atoms with van der Waals surface area (Å²) in [4.78, 5) is 11.4. The first-order valence-electron chi connectivity index (χ1n) is 6.34. The molecule has 0 radical (unpaired) electrons. The molecule has 0 bridgehead atoms. The van der Waals surface area contributed by atoms with Gasteiger partial charge in [0.25, 0.3) is 9.05 Å². The third-order valence-electron chi connectivity index (χ3n) is 2.56. The van der Waals surface area contributed by atoms with Gasteiger partial charge in [-0.25, -0.2) is 8.42 Å². The van der Waals surface area contributed by atoms with E-state index in [1.807, 2.05) is 6.92 Å². The van der Waals surface area contributed by atoms with E-state index in [-0.39, 0.29) is 29.7 Å². The Kier molecular flexibility index (Phi) is 6.94. The lowest BCUT2D eigenvalue weighted by Gasteiger charge is -2.09. The molecule has 1 N–H and O–H groups in total. The normalized spacial score (nSPS) is 11.2. The molecule has 0 aliphatic carbocycles. The third-order valence-corrected chi connectivity index (χ3v) is 3.91. The lowest BCUT2D eigenvalue weighted by atomic mass is 10.2. The Morgan fingerprint density at radius 3 is 2.67 bits per heavy atom. The third kappa shape index (κ3) is 5.91. The van der Waals surface area contributed by atoms with E-state index in [0.29, 0.717) is 12.2 Å². The molecule has 21 heavy (non-hydrogen) atoms. The predicted molar refractivity (Wildman–Crippen MR) is 79.0 cm³/mol. The average molecular weight is 336 g/mol. The highest BCUT2D eigenvalue weighted by atomic mass is 35.7. The maximum Gasteiger partial charge on any atom is 0.264 e. The molecule has 0 unspecified atom stereocenters. The van der Waals surface area contributed by atoms with Crippen LogP contribution < -0.4 is 10.1 Å². The van der Waals surface area contributed by atoms with Gasteiger partial charge in [-0.15, -0.1) is 0 Å². The molecule has 0 heterocycles. The number of halogens is 1. The molecule has 0 saturated heterocycles. The van der Waals surface area contributed by atoms with Gasteiger partial charge in [0.1, 0.15) is 17.3 Å². The number of hydrogen-bond acceptors (Lipinski definition) is 5. The monoisotopic (exact) mass is 335 g/mol. The van der Waals surface area contributed by atoms with Crippen molar-refractivity contribution in [3.8, 4) is 5.75 Å². The van der Waals surface area contributed by atoms with E-state index in [0.717, 1.165) is 6.42 Å². The zero-order valence-electron chi connectivity index (χ0n) is 11.9. The summed E-state index contributed by atoms with van der Waals surface area (Å²) in [5.74, 6) is -0.110. The summed E-state index contributed by atoms with van der Waals surface area (Å²) in [7, 11) is 2.79. The lowest BCUT2D eigenvalue weighted by Crippen LogP contribution is -2.27. The minimum Gasteiger partial charge on any atom is -0.495 e. The van der Waals surface area contributed by atoms with Crippen molar-refractivity contribution in [2.45, 2.75) is 24.8 Å². The molecular formula is C13H18ClNO5S. The fraction of sp³-hybridized carbons (Fsp3) is 0.462. The van der Waals surface area contributed by atoms with Crippen LogP contribution in [0.25, 0.3) is 0 Å². The van der Waals surface area contributed by atoms with Crippen LogP contribution in [0.15, 0.2) is 23.1 Å². The molecule has 8 heteroatoms. The van der Waals surface area contributed by atoms with Gasteiger partial charge in [-0.2, -0.15) is 0 Å². The fourth-order valence-corrected chi connectivity index (χ4v) is 2.63. The largest absolute Gasteiger partial charge is 0.495 e. The number of hydrogen-bond donors (Lipinski definition) is 1. The van der Waals surface area contributed by atoms with Crippen LogP contribution in [0.5, 0.6) is 5.75 Å². The van der Waals surface area contributed by atoms with Crippen molar-refractivity contribution in [1.29, 1.82) is 0 Å². The van der Waals surface area contributed by atoms with Gasteiger partial charge in [0.15, 0.2) is 0 Å². The second kappa shape index (κ2) is 8.21. The highest BCUT2D eigenvalue weighted by molar-refractivity contribution is 8.13. The summed E-state index contributed by atoms with van der Waals surface area (Å²) in [5.41, 5.74) is 0.596. The van der Waals surface area contributed by atoms with Crippen molar-refractivity contribution < 1.29 is 22.7 Å². The van der Waals surface area contributed by atoms with Crippen LogP contribution in [0, 0.1) is 0 Å². The van der Waals surface area contributed by atoms with Crippen molar-refractivity contribution in [3.63, 3.8) is 0 Å². The Morgan fingerprint density at radius 2 is 2.10 bits per heavy atom. The SMILES string of the molecule is CCCOCC(=O)NCc1ccc(OC)c(S(=O)(=O)Cl)c1. The second-order valence-electron chi connectivity index (χ2n) is 4.25. The summed E-state index contributed by atoms with van der Waals surface area (Å²) in [5, 5.41) is 2.63. The van der Waals surface area contributed by atoms with E-state index in [1.165, 1.54) is 19.2 Å². The van der Waals surface area contributed by atoms with Crippen molar-refractivity contribution in [2.75, 3.05) is 20.3 Å². The molecule has 0 aliphatic rings. The molecule has 0 atom stereocenters. The molecule has 0 aromatic heterocycles. The molecule has 1 aromatic carbocycles. The first kappa shape index (κ1) is 17.7. The van der Waals surface area contributed by atoms with Crippen LogP contribution in [0.3, 0.4) is 0 Å². The molecule has 1 aromatic rings. The van der Waals surface area contributed by atoms with Crippen LogP contribution in [0.1, 0.15) is 18.9 Å². The number of carbonyl (C=O) groups excluding carboxylic acids is 1. The molecule has 0 aliphatic heterocycles. The minimum atomic E-state index is -3.91. The summed E-state index contributed by atoms with van der Waals surface area (Å²) < 4.78 is 33.0. The first-order valence-corrected chi connectivity index (χ1v) is 8.65. The Morgan fingerprint density at radius 1 is 1.38 bits per heavy atom. The standard InChI is InChI=1S/C13H18ClNO5S/c1-3-6-20-9-13(16)15-8-10-4-5-11(19-2)12(7-10)21(14,17)18/h4-5,7H,3,6,8-9H2,1-2H3,(H,15,16). The van der Waals surface area contributed by atoms with E-state index >= 15 is 0 Å². The van der Waals surface area contributed by atoms with Crippen LogP contribution in [0.4, 0.5) is 0 Å².